The number of anilines is 1. The highest BCUT2D eigenvalue weighted by molar-refractivity contribution is 5.44. The molecule has 1 aromatic heterocycles. The van der Waals surface area contributed by atoms with Crippen molar-refractivity contribution in [1.82, 2.24) is 15.3 Å². The maximum atomic E-state index is 5.29. The van der Waals surface area contributed by atoms with Gasteiger partial charge < -0.3 is 15.0 Å². The van der Waals surface area contributed by atoms with Crippen molar-refractivity contribution in [2.75, 3.05) is 25.1 Å². The summed E-state index contributed by atoms with van der Waals surface area (Å²) in [6.07, 6.45) is 6.39. The smallest absolute Gasteiger partial charge is 0.218 e. The van der Waals surface area contributed by atoms with Crippen LogP contribution >= 0.6 is 0 Å². The molecule has 0 radical (unpaired) electrons. The summed E-state index contributed by atoms with van der Waals surface area (Å²) in [7, 11) is 1.66. The molecule has 1 aromatic rings. The summed E-state index contributed by atoms with van der Waals surface area (Å²) in [6.45, 7) is 4.17. The molecular weight excluding hydrogens is 252 g/mol. The number of methoxy groups -OCH3 is 1. The minimum Gasteiger partial charge on any atom is -0.481 e. The number of piperidine rings is 1. The van der Waals surface area contributed by atoms with E-state index in [0.29, 0.717) is 18.0 Å². The van der Waals surface area contributed by atoms with E-state index in [1.54, 1.807) is 7.11 Å². The van der Waals surface area contributed by atoms with Crippen molar-refractivity contribution in [3.8, 4) is 5.88 Å². The summed E-state index contributed by atoms with van der Waals surface area (Å²) in [5, 5.41) is 3.65. The Morgan fingerprint density at radius 1 is 1.25 bits per heavy atom. The first kappa shape index (κ1) is 13.6. The van der Waals surface area contributed by atoms with Crippen molar-refractivity contribution >= 4 is 5.82 Å². The van der Waals surface area contributed by atoms with E-state index in [1.165, 1.54) is 32.1 Å². The Labute approximate surface area is 120 Å². The third kappa shape index (κ3) is 2.73. The Kier molecular flexibility index (Phi) is 4.05. The summed E-state index contributed by atoms with van der Waals surface area (Å²) in [6, 6.07) is 3.14. The minimum atomic E-state index is 0.560. The van der Waals surface area contributed by atoms with Gasteiger partial charge in [0, 0.05) is 24.7 Å². The van der Waals surface area contributed by atoms with Gasteiger partial charge in [0.1, 0.15) is 11.6 Å². The van der Waals surface area contributed by atoms with E-state index in [2.05, 4.69) is 20.2 Å². The van der Waals surface area contributed by atoms with Gasteiger partial charge in [0.15, 0.2) is 0 Å². The zero-order chi connectivity index (χ0) is 13.9. The van der Waals surface area contributed by atoms with Gasteiger partial charge in [-0.1, -0.05) is 0 Å². The fourth-order valence-electron chi connectivity index (χ4n) is 3.48. The number of nitrogens with one attached hydrogen (secondary N) is 1. The molecule has 5 heteroatoms. The molecule has 0 amide bonds. The lowest BCUT2D eigenvalue weighted by molar-refractivity contribution is 0.372. The van der Waals surface area contributed by atoms with Crippen molar-refractivity contribution < 1.29 is 4.74 Å². The van der Waals surface area contributed by atoms with Gasteiger partial charge in [0.2, 0.25) is 5.88 Å². The number of rotatable bonds is 3. The lowest BCUT2D eigenvalue weighted by atomic mass is 9.94. The average molecular weight is 276 g/mol. The topological polar surface area (TPSA) is 50.3 Å². The van der Waals surface area contributed by atoms with Gasteiger partial charge in [0.05, 0.1) is 7.11 Å². The molecule has 1 N–H and O–H groups in total. The van der Waals surface area contributed by atoms with Crippen LogP contribution in [0.2, 0.25) is 0 Å². The quantitative estimate of drug-likeness (QED) is 0.914. The lowest BCUT2D eigenvalue weighted by Crippen LogP contribution is -2.50. The van der Waals surface area contributed by atoms with E-state index in [1.807, 2.05) is 13.0 Å². The molecule has 0 bridgehead atoms. The van der Waals surface area contributed by atoms with Crippen molar-refractivity contribution in [3.05, 3.63) is 11.9 Å². The second kappa shape index (κ2) is 5.95. The minimum absolute atomic E-state index is 0.560. The highest BCUT2D eigenvalue weighted by Gasteiger charge is 2.32. The molecule has 2 aliphatic rings. The molecule has 110 valence electrons. The van der Waals surface area contributed by atoms with Gasteiger partial charge in [-0.15, -0.1) is 0 Å². The predicted octanol–water partition coefficient (Wildman–Crippen LogP) is 1.90. The SMILES string of the molecule is COc1cc(N2CCCCC2C2CCCN2)nc(C)n1. The summed E-state index contributed by atoms with van der Waals surface area (Å²) < 4.78 is 5.29. The molecular formula is C15H24N4O. The standard InChI is InChI=1S/C15H24N4O/c1-11-17-14(10-15(18-11)20-2)19-9-4-3-7-13(19)12-6-5-8-16-12/h10,12-13,16H,3-9H2,1-2H3. The Balaban J connectivity index is 1.86. The number of aryl methyl sites for hydroxylation is 1. The molecule has 0 saturated carbocycles. The van der Waals surface area contributed by atoms with Gasteiger partial charge in [0.25, 0.3) is 0 Å². The van der Waals surface area contributed by atoms with E-state index in [0.717, 1.165) is 24.7 Å². The van der Waals surface area contributed by atoms with E-state index in [4.69, 9.17) is 4.74 Å². The second-order valence-electron chi connectivity index (χ2n) is 5.78. The molecule has 2 aliphatic heterocycles. The molecule has 0 spiro atoms. The fourth-order valence-corrected chi connectivity index (χ4v) is 3.48. The molecule has 2 unspecified atom stereocenters. The monoisotopic (exact) mass is 276 g/mol. The Morgan fingerprint density at radius 3 is 2.90 bits per heavy atom. The molecule has 20 heavy (non-hydrogen) atoms. The van der Waals surface area contributed by atoms with Crippen LogP contribution in [0.15, 0.2) is 6.07 Å². The van der Waals surface area contributed by atoms with E-state index in [-0.39, 0.29) is 0 Å². The molecule has 0 aliphatic carbocycles. The molecule has 3 rings (SSSR count). The van der Waals surface area contributed by atoms with Crippen molar-refractivity contribution in [2.24, 2.45) is 0 Å². The van der Waals surface area contributed by atoms with E-state index < -0.39 is 0 Å². The van der Waals surface area contributed by atoms with Gasteiger partial charge in [-0.3, -0.25) is 0 Å². The van der Waals surface area contributed by atoms with E-state index in [9.17, 15) is 0 Å². The average Bonchev–Trinajstić information content (AvgIpc) is 3.00. The predicted molar refractivity (Wildman–Crippen MR) is 79.3 cm³/mol. The van der Waals surface area contributed by atoms with Crippen LogP contribution in [0.4, 0.5) is 5.82 Å². The maximum absolute atomic E-state index is 5.29. The van der Waals surface area contributed by atoms with E-state index >= 15 is 0 Å². The Morgan fingerprint density at radius 2 is 2.15 bits per heavy atom. The number of nitrogens with zero attached hydrogens (tertiary/aromatic N) is 3. The first-order valence-electron chi connectivity index (χ1n) is 7.67. The van der Waals surface area contributed by atoms with Crippen LogP contribution in [0.3, 0.4) is 0 Å². The second-order valence-corrected chi connectivity index (χ2v) is 5.78. The van der Waals surface area contributed by atoms with Crippen LogP contribution in [0.25, 0.3) is 0 Å². The third-order valence-corrected chi connectivity index (χ3v) is 4.42. The van der Waals surface area contributed by atoms with Crippen LogP contribution in [-0.4, -0.2) is 42.3 Å². The van der Waals surface area contributed by atoms with Gasteiger partial charge in [-0.05, 0) is 45.6 Å². The summed E-state index contributed by atoms with van der Waals surface area (Å²) in [5.41, 5.74) is 0. The maximum Gasteiger partial charge on any atom is 0.218 e. The number of hydrogen-bond acceptors (Lipinski definition) is 5. The lowest BCUT2D eigenvalue weighted by Gasteiger charge is -2.40. The van der Waals surface area contributed by atoms with Crippen LogP contribution in [-0.2, 0) is 0 Å². The summed E-state index contributed by atoms with van der Waals surface area (Å²) in [5.74, 6) is 2.46. The largest absolute Gasteiger partial charge is 0.481 e. The van der Waals surface area contributed by atoms with Crippen molar-refractivity contribution in [2.45, 2.75) is 51.1 Å². The Hall–Kier alpha value is -1.36. The van der Waals surface area contributed by atoms with Crippen LogP contribution in [0, 0.1) is 6.92 Å². The van der Waals surface area contributed by atoms with Gasteiger partial charge in [-0.2, -0.15) is 4.98 Å². The van der Waals surface area contributed by atoms with Crippen molar-refractivity contribution in [3.63, 3.8) is 0 Å². The molecule has 5 nitrogen and oxygen atoms in total. The van der Waals surface area contributed by atoms with Crippen LogP contribution < -0.4 is 15.0 Å². The highest BCUT2D eigenvalue weighted by atomic mass is 16.5. The zero-order valence-electron chi connectivity index (χ0n) is 12.4. The highest BCUT2D eigenvalue weighted by Crippen LogP contribution is 2.29. The number of ether oxygens (including phenoxy) is 1. The summed E-state index contributed by atoms with van der Waals surface area (Å²) >= 11 is 0. The van der Waals surface area contributed by atoms with Crippen LogP contribution in [0.5, 0.6) is 5.88 Å². The van der Waals surface area contributed by atoms with Gasteiger partial charge >= 0.3 is 0 Å². The normalized spacial score (nSPS) is 26.8. The molecule has 3 heterocycles. The number of hydrogen-bond donors (Lipinski definition) is 1. The zero-order valence-corrected chi connectivity index (χ0v) is 12.4. The Bertz CT molecular complexity index is 459. The number of aromatic nitrogens is 2. The van der Waals surface area contributed by atoms with Gasteiger partial charge in [-0.25, -0.2) is 4.98 Å². The molecule has 0 aromatic carbocycles. The van der Waals surface area contributed by atoms with Crippen molar-refractivity contribution in [1.29, 1.82) is 0 Å². The fraction of sp³-hybridized carbons (Fsp3) is 0.733. The molecule has 2 fully saturated rings. The van der Waals surface area contributed by atoms with Crippen LogP contribution in [0.1, 0.15) is 37.9 Å². The molecule has 2 atom stereocenters. The third-order valence-electron chi connectivity index (χ3n) is 4.42. The summed E-state index contributed by atoms with van der Waals surface area (Å²) in [4.78, 5) is 11.4. The molecule has 2 saturated heterocycles. The first-order chi connectivity index (χ1) is 9.78. The first-order valence-corrected chi connectivity index (χ1v) is 7.67.